The van der Waals surface area contributed by atoms with E-state index >= 15 is 0 Å². The Balaban J connectivity index is 0.000000202. The zero-order valence-corrected chi connectivity index (χ0v) is 21.1. The Morgan fingerprint density at radius 1 is 0.576 bits per heavy atom. The molecule has 1 radical (unpaired) electrons. The number of pyridine rings is 2. The monoisotopic (exact) mass is 606 g/mol. The summed E-state index contributed by atoms with van der Waals surface area (Å²) in [6.45, 7) is 4.25. The molecule has 0 saturated heterocycles. The second kappa shape index (κ2) is 12.0. The van der Waals surface area contributed by atoms with Gasteiger partial charge in [-0.15, -0.1) is 35.9 Å². The van der Waals surface area contributed by atoms with Crippen LogP contribution in [0.15, 0.2) is 116 Å². The summed E-state index contributed by atoms with van der Waals surface area (Å²) >= 11 is 0. The molecule has 5 rings (SSSR count). The number of hydrogen-bond acceptors (Lipinski definition) is 2. The Hall–Kier alpha value is -3.39. The third-order valence-corrected chi connectivity index (χ3v) is 5.29. The van der Waals surface area contributed by atoms with Gasteiger partial charge >= 0.3 is 0 Å². The van der Waals surface area contributed by atoms with Crippen LogP contribution >= 0.6 is 0 Å². The van der Waals surface area contributed by atoms with Gasteiger partial charge in [-0.25, -0.2) is 0 Å². The molecule has 0 aliphatic heterocycles. The predicted octanol–water partition coefficient (Wildman–Crippen LogP) is 7.58. The van der Waals surface area contributed by atoms with E-state index in [2.05, 4.69) is 90.5 Å². The van der Waals surface area contributed by atoms with Crippen molar-refractivity contribution in [2.24, 2.45) is 0 Å². The molecular weight excluding hydrogens is 581 g/mol. The molecule has 165 valence electrons. The van der Waals surface area contributed by atoms with Crippen molar-refractivity contribution in [3.05, 3.63) is 133 Å². The summed E-state index contributed by atoms with van der Waals surface area (Å²) in [7, 11) is 0. The van der Waals surface area contributed by atoms with Crippen LogP contribution in [0.3, 0.4) is 0 Å². The van der Waals surface area contributed by atoms with E-state index in [1.165, 1.54) is 27.8 Å². The summed E-state index contributed by atoms with van der Waals surface area (Å²) in [5.74, 6) is 0. The summed E-state index contributed by atoms with van der Waals surface area (Å²) < 4.78 is 0. The van der Waals surface area contributed by atoms with Gasteiger partial charge in [-0.2, -0.15) is 0 Å². The summed E-state index contributed by atoms with van der Waals surface area (Å²) in [5.41, 5.74) is 9.18. The molecule has 0 bridgehead atoms. The standard InChI is InChI=1S/C19H17N.C11H8N.Ir/c1-14-7-3-5-9-17(14)16-11-12-19(20-13-16)18-10-6-4-8-15(18)2;1-2-6-10(7-3-1)11-8-4-5-9-12-11;/h3-13H,1-2H3;1-6,8-9H;/q;-1;. The van der Waals surface area contributed by atoms with E-state index in [0.717, 1.165) is 17.0 Å². The van der Waals surface area contributed by atoms with E-state index < -0.39 is 0 Å². The quantitative estimate of drug-likeness (QED) is 0.198. The van der Waals surface area contributed by atoms with Crippen molar-refractivity contribution in [1.29, 1.82) is 0 Å². The molecule has 2 aromatic heterocycles. The van der Waals surface area contributed by atoms with Crippen LogP contribution in [0, 0.1) is 19.9 Å². The summed E-state index contributed by atoms with van der Waals surface area (Å²) in [6, 6.07) is 37.8. The number of aromatic nitrogens is 2. The molecule has 0 aliphatic rings. The molecule has 33 heavy (non-hydrogen) atoms. The average Bonchev–Trinajstić information content (AvgIpc) is 2.86. The zero-order chi connectivity index (χ0) is 22.2. The maximum atomic E-state index is 4.63. The van der Waals surface area contributed by atoms with Crippen molar-refractivity contribution in [3.8, 4) is 33.6 Å². The number of nitrogens with zero attached hydrogens (tertiary/aromatic N) is 2. The Labute approximate surface area is 209 Å². The Kier molecular flexibility index (Phi) is 8.83. The van der Waals surface area contributed by atoms with E-state index in [1.807, 2.05) is 48.7 Å². The van der Waals surface area contributed by atoms with Crippen LogP contribution in [0.4, 0.5) is 0 Å². The van der Waals surface area contributed by atoms with Crippen LogP contribution in [-0.2, 0) is 20.1 Å². The fourth-order valence-electron chi connectivity index (χ4n) is 3.54. The first-order chi connectivity index (χ1) is 15.7. The van der Waals surface area contributed by atoms with Crippen molar-refractivity contribution in [1.82, 2.24) is 9.97 Å². The minimum Gasteiger partial charge on any atom is -0.305 e. The summed E-state index contributed by atoms with van der Waals surface area (Å²) in [4.78, 5) is 8.84. The molecule has 0 aliphatic carbocycles. The normalized spacial score (nSPS) is 9.88. The molecule has 0 amide bonds. The fourth-order valence-corrected chi connectivity index (χ4v) is 3.54. The van der Waals surface area contributed by atoms with E-state index in [0.29, 0.717) is 0 Å². The van der Waals surface area contributed by atoms with Crippen LogP contribution in [0.25, 0.3) is 33.6 Å². The van der Waals surface area contributed by atoms with E-state index in [4.69, 9.17) is 0 Å². The maximum absolute atomic E-state index is 4.63. The van der Waals surface area contributed by atoms with Crippen molar-refractivity contribution >= 4 is 0 Å². The maximum Gasteiger partial charge on any atom is 0.0705 e. The molecule has 0 spiro atoms. The first-order valence-corrected chi connectivity index (χ1v) is 10.7. The molecule has 5 aromatic rings. The van der Waals surface area contributed by atoms with Crippen LogP contribution < -0.4 is 0 Å². The molecule has 0 saturated carbocycles. The second-order valence-electron chi connectivity index (χ2n) is 7.55. The number of rotatable bonds is 3. The van der Waals surface area contributed by atoms with Gasteiger partial charge in [0.15, 0.2) is 0 Å². The van der Waals surface area contributed by atoms with Crippen LogP contribution in [0.2, 0.25) is 0 Å². The molecule has 2 heterocycles. The average molecular weight is 606 g/mol. The largest absolute Gasteiger partial charge is 0.305 e. The molecule has 3 heteroatoms. The van der Waals surface area contributed by atoms with Crippen LogP contribution in [0.5, 0.6) is 0 Å². The molecule has 0 atom stereocenters. The van der Waals surface area contributed by atoms with Crippen molar-refractivity contribution in [3.63, 3.8) is 0 Å². The first-order valence-electron chi connectivity index (χ1n) is 10.7. The molecule has 0 fully saturated rings. The minimum absolute atomic E-state index is 0. The van der Waals surface area contributed by atoms with Gasteiger partial charge in [-0.05, 0) is 48.4 Å². The Bertz CT molecular complexity index is 1170. The predicted molar refractivity (Wildman–Crippen MR) is 133 cm³/mol. The second-order valence-corrected chi connectivity index (χ2v) is 7.55. The topological polar surface area (TPSA) is 25.8 Å². The van der Waals surface area contributed by atoms with Gasteiger partial charge in [-0.1, -0.05) is 66.7 Å². The van der Waals surface area contributed by atoms with E-state index in [1.54, 1.807) is 6.20 Å². The third-order valence-electron chi connectivity index (χ3n) is 5.29. The molecule has 0 unspecified atom stereocenters. The number of aryl methyl sites for hydroxylation is 2. The first kappa shape index (κ1) is 24.3. The van der Waals surface area contributed by atoms with Gasteiger partial charge in [0.2, 0.25) is 0 Å². The minimum atomic E-state index is 0. The van der Waals surface area contributed by atoms with E-state index in [9.17, 15) is 0 Å². The van der Waals surface area contributed by atoms with Gasteiger partial charge in [0.05, 0.1) is 5.69 Å². The van der Waals surface area contributed by atoms with Crippen LogP contribution in [0.1, 0.15) is 11.1 Å². The van der Waals surface area contributed by atoms with Gasteiger partial charge in [0.25, 0.3) is 0 Å². The van der Waals surface area contributed by atoms with Crippen molar-refractivity contribution in [2.45, 2.75) is 13.8 Å². The molecule has 0 N–H and O–H groups in total. The van der Waals surface area contributed by atoms with Crippen molar-refractivity contribution in [2.75, 3.05) is 0 Å². The smallest absolute Gasteiger partial charge is 0.0705 e. The van der Waals surface area contributed by atoms with Crippen LogP contribution in [-0.4, -0.2) is 9.97 Å². The van der Waals surface area contributed by atoms with E-state index in [-0.39, 0.29) is 20.1 Å². The molecule has 2 nitrogen and oxygen atoms in total. The zero-order valence-electron chi connectivity index (χ0n) is 18.7. The summed E-state index contributed by atoms with van der Waals surface area (Å²) in [5, 5.41) is 0. The summed E-state index contributed by atoms with van der Waals surface area (Å²) in [6.07, 6.45) is 3.75. The SMILES string of the molecule is Cc1ccccc1-c1ccc(-c2ccccc2C)nc1.[Ir].[c-]1ccccc1-c1ccccn1. The number of hydrogen-bond donors (Lipinski definition) is 0. The van der Waals surface area contributed by atoms with Gasteiger partial charge in [0, 0.05) is 43.6 Å². The van der Waals surface area contributed by atoms with Crippen molar-refractivity contribution < 1.29 is 20.1 Å². The number of benzene rings is 3. The van der Waals surface area contributed by atoms with Gasteiger partial charge in [-0.3, -0.25) is 4.98 Å². The van der Waals surface area contributed by atoms with Gasteiger partial charge in [0.1, 0.15) is 0 Å². The fraction of sp³-hybridized carbons (Fsp3) is 0.0667. The molecule has 3 aromatic carbocycles. The Morgan fingerprint density at radius 2 is 1.24 bits per heavy atom. The third kappa shape index (κ3) is 6.32. The Morgan fingerprint density at radius 3 is 1.82 bits per heavy atom. The molecular formula is C30H25IrN2-. The van der Waals surface area contributed by atoms with Gasteiger partial charge < -0.3 is 4.98 Å².